The van der Waals surface area contributed by atoms with Crippen LogP contribution in [-0.4, -0.2) is 5.11 Å². The minimum Gasteiger partial charge on any atom is -0.488 e. The van der Waals surface area contributed by atoms with E-state index in [4.69, 9.17) is 4.74 Å². The third kappa shape index (κ3) is 3.29. The fourth-order valence-corrected chi connectivity index (χ4v) is 1.75. The third-order valence-corrected chi connectivity index (χ3v) is 2.77. The van der Waals surface area contributed by atoms with E-state index in [-0.39, 0.29) is 18.2 Å². The van der Waals surface area contributed by atoms with Gasteiger partial charge in [-0.15, -0.1) is 0 Å². The average molecular weight is 264 g/mol. The molecule has 1 atom stereocenters. The Morgan fingerprint density at radius 2 is 1.89 bits per heavy atom. The molecule has 0 bridgehead atoms. The highest BCUT2D eigenvalue weighted by molar-refractivity contribution is 5.35. The first-order valence-electron chi connectivity index (χ1n) is 5.91. The van der Waals surface area contributed by atoms with Crippen LogP contribution in [0.15, 0.2) is 42.5 Å². The van der Waals surface area contributed by atoms with Gasteiger partial charge in [-0.1, -0.05) is 18.2 Å². The maximum Gasteiger partial charge on any atom is 0.129 e. The van der Waals surface area contributed by atoms with Crippen molar-refractivity contribution in [1.29, 1.82) is 0 Å². The number of benzene rings is 2. The molecular formula is C15H14F2O2. The lowest BCUT2D eigenvalue weighted by Gasteiger charge is -2.13. The van der Waals surface area contributed by atoms with Gasteiger partial charge in [0.25, 0.3) is 0 Å². The zero-order chi connectivity index (χ0) is 13.8. The lowest BCUT2D eigenvalue weighted by molar-refractivity contribution is 0.189. The third-order valence-electron chi connectivity index (χ3n) is 2.77. The molecule has 100 valence electrons. The minimum absolute atomic E-state index is 0.0180. The zero-order valence-electron chi connectivity index (χ0n) is 10.4. The molecule has 2 rings (SSSR count). The second kappa shape index (κ2) is 5.80. The molecule has 0 saturated heterocycles. The Labute approximate surface area is 110 Å². The lowest BCUT2D eigenvalue weighted by atomic mass is 10.1. The molecule has 0 fully saturated rings. The number of hydrogen-bond donors (Lipinski definition) is 1. The van der Waals surface area contributed by atoms with Gasteiger partial charge in [0.05, 0.1) is 6.10 Å². The predicted molar refractivity (Wildman–Crippen MR) is 67.8 cm³/mol. The Bertz CT molecular complexity index is 568. The van der Waals surface area contributed by atoms with Crippen LogP contribution in [0.3, 0.4) is 0 Å². The molecule has 1 N–H and O–H groups in total. The van der Waals surface area contributed by atoms with Crippen LogP contribution < -0.4 is 4.74 Å². The van der Waals surface area contributed by atoms with E-state index in [1.54, 1.807) is 25.1 Å². The summed E-state index contributed by atoms with van der Waals surface area (Å²) in [7, 11) is 0. The van der Waals surface area contributed by atoms with Crippen LogP contribution in [0.1, 0.15) is 24.2 Å². The Kier molecular flexibility index (Phi) is 4.12. The van der Waals surface area contributed by atoms with Crippen molar-refractivity contribution in [3.63, 3.8) is 0 Å². The fourth-order valence-electron chi connectivity index (χ4n) is 1.75. The van der Waals surface area contributed by atoms with Crippen LogP contribution in [0.5, 0.6) is 5.75 Å². The highest BCUT2D eigenvalue weighted by atomic mass is 19.1. The van der Waals surface area contributed by atoms with Gasteiger partial charge < -0.3 is 9.84 Å². The molecule has 2 aromatic rings. The molecule has 0 aromatic heterocycles. The van der Waals surface area contributed by atoms with E-state index >= 15 is 0 Å². The van der Waals surface area contributed by atoms with Crippen molar-refractivity contribution >= 4 is 0 Å². The van der Waals surface area contributed by atoms with Gasteiger partial charge in [0.1, 0.15) is 24.0 Å². The Balaban J connectivity index is 2.19. The Hall–Kier alpha value is -1.94. The molecule has 0 radical (unpaired) electrons. The Morgan fingerprint density at radius 1 is 1.16 bits per heavy atom. The quantitative estimate of drug-likeness (QED) is 0.914. The first-order valence-corrected chi connectivity index (χ1v) is 5.91. The van der Waals surface area contributed by atoms with Crippen LogP contribution in [-0.2, 0) is 6.61 Å². The van der Waals surface area contributed by atoms with Gasteiger partial charge in [0.2, 0.25) is 0 Å². The van der Waals surface area contributed by atoms with Crippen LogP contribution in [0, 0.1) is 11.6 Å². The van der Waals surface area contributed by atoms with E-state index in [1.807, 2.05) is 0 Å². The number of aliphatic hydroxyl groups is 1. The van der Waals surface area contributed by atoms with E-state index in [1.165, 1.54) is 24.3 Å². The number of ether oxygens (including phenoxy) is 1. The zero-order valence-corrected chi connectivity index (χ0v) is 10.4. The maximum absolute atomic E-state index is 13.4. The highest BCUT2D eigenvalue weighted by Gasteiger charge is 2.11. The molecule has 19 heavy (non-hydrogen) atoms. The number of hydrogen-bond acceptors (Lipinski definition) is 2. The number of aliphatic hydroxyl groups excluding tert-OH is 1. The molecule has 0 saturated carbocycles. The van der Waals surface area contributed by atoms with Crippen molar-refractivity contribution in [3.05, 3.63) is 65.2 Å². The van der Waals surface area contributed by atoms with Crippen LogP contribution in [0.4, 0.5) is 8.78 Å². The summed E-state index contributed by atoms with van der Waals surface area (Å²) in [5, 5.41) is 9.57. The fraction of sp³-hybridized carbons (Fsp3) is 0.200. The van der Waals surface area contributed by atoms with Gasteiger partial charge >= 0.3 is 0 Å². The van der Waals surface area contributed by atoms with Crippen molar-refractivity contribution in [1.82, 2.24) is 0 Å². The first-order chi connectivity index (χ1) is 9.08. The van der Waals surface area contributed by atoms with E-state index in [2.05, 4.69) is 0 Å². The summed E-state index contributed by atoms with van der Waals surface area (Å²) in [6.07, 6.45) is -0.781. The largest absolute Gasteiger partial charge is 0.488 e. The lowest BCUT2D eigenvalue weighted by Crippen LogP contribution is -2.03. The van der Waals surface area contributed by atoms with E-state index in [9.17, 15) is 13.9 Å². The molecule has 0 heterocycles. The van der Waals surface area contributed by atoms with Gasteiger partial charge in [0.15, 0.2) is 0 Å². The molecule has 0 aliphatic rings. The van der Waals surface area contributed by atoms with Gasteiger partial charge in [-0.3, -0.25) is 0 Å². The van der Waals surface area contributed by atoms with Crippen LogP contribution in [0.25, 0.3) is 0 Å². The first kappa shape index (κ1) is 13.5. The number of rotatable bonds is 4. The maximum atomic E-state index is 13.4. The predicted octanol–water partition coefficient (Wildman–Crippen LogP) is 3.60. The van der Waals surface area contributed by atoms with Crippen molar-refractivity contribution in [2.24, 2.45) is 0 Å². The summed E-state index contributed by atoms with van der Waals surface area (Å²) >= 11 is 0. The molecule has 0 spiro atoms. The summed E-state index contributed by atoms with van der Waals surface area (Å²) in [5.41, 5.74) is 0.848. The summed E-state index contributed by atoms with van der Waals surface area (Å²) in [5.74, 6) is -0.622. The van der Waals surface area contributed by atoms with Crippen molar-refractivity contribution in [3.8, 4) is 5.75 Å². The van der Waals surface area contributed by atoms with Gasteiger partial charge in [-0.05, 0) is 25.1 Å². The molecule has 0 aliphatic heterocycles. The van der Waals surface area contributed by atoms with Crippen molar-refractivity contribution < 1.29 is 18.6 Å². The molecule has 2 aromatic carbocycles. The molecule has 4 heteroatoms. The summed E-state index contributed by atoms with van der Waals surface area (Å²) in [6.45, 7) is 1.54. The van der Waals surface area contributed by atoms with E-state index in [0.29, 0.717) is 11.1 Å². The topological polar surface area (TPSA) is 29.5 Å². The molecular weight excluding hydrogens is 250 g/mol. The monoisotopic (exact) mass is 264 g/mol. The summed E-state index contributed by atoms with van der Waals surface area (Å²) in [4.78, 5) is 0. The molecule has 0 aliphatic carbocycles. The van der Waals surface area contributed by atoms with Gasteiger partial charge in [-0.25, -0.2) is 8.78 Å². The highest BCUT2D eigenvalue weighted by Crippen LogP contribution is 2.27. The minimum atomic E-state index is -0.781. The van der Waals surface area contributed by atoms with E-state index < -0.39 is 11.9 Å². The SMILES string of the molecule is CC(O)c1ccc(F)cc1OCc1ccccc1F. The smallest absolute Gasteiger partial charge is 0.129 e. The molecule has 2 nitrogen and oxygen atoms in total. The number of halogens is 2. The molecule has 1 unspecified atom stereocenters. The van der Waals surface area contributed by atoms with Crippen LogP contribution in [0.2, 0.25) is 0 Å². The van der Waals surface area contributed by atoms with E-state index in [0.717, 1.165) is 0 Å². The van der Waals surface area contributed by atoms with Crippen LogP contribution >= 0.6 is 0 Å². The van der Waals surface area contributed by atoms with Crippen molar-refractivity contribution in [2.75, 3.05) is 0 Å². The molecule has 0 amide bonds. The van der Waals surface area contributed by atoms with Gasteiger partial charge in [0, 0.05) is 17.2 Å². The van der Waals surface area contributed by atoms with Gasteiger partial charge in [-0.2, -0.15) is 0 Å². The Morgan fingerprint density at radius 3 is 2.58 bits per heavy atom. The normalized spacial score (nSPS) is 12.2. The summed E-state index contributed by atoms with van der Waals surface area (Å²) < 4.78 is 32.0. The standard InChI is InChI=1S/C15H14F2O2/c1-10(18)13-7-6-12(16)8-15(13)19-9-11-4-2-3-5-14(11)17/h2-8,10,18H,9H2,1H3. The second-order valence-electron chi connectivity index (χ2n) is 4.24. The second-order valence-corrected chi connectivity index (χ2v) is 4.24. The average Bonchev–Trinajstić information content (AvgIpc) is 2.37. The van der Waals surface area contributed by atoms with Crippen molar-refractivity contribution in [2.45, 2.75) is 19.6 Å². The summed E-state index contributed by atoms with van der Waals surface area (Å²) in [6, 6.07) is 10.1.